The molecule has 94 valence electrons. The Kier molecular flexibility index (Phi) is 5.59. The molecule has 1 amide bonds. The quantitative estimate of drug-likeness (QED) is 0.885. The summed E-state index contributed by atoms with van der Waals surface area (Å²) >= 11 is 9.21. The molecule has 0 aliphatic heterocycles. The molecule has 0 spiro atoms. The summed E-state index contributed by atoms with van der Waals surface area (Å²) in [5, 5.41) is 3.06. The molecule has 2 aromatic rings. The lowest BCUT2D eigenvalue weighted by Crippen LogP contribution is -2.13. The fourth-order valence-corrected chi connectivity index (χ4v) is 1.86. The van der Waals surface area contributed by atoms with Crippen molar-refractivity contribution in [3.63, 3.8) is 0 Å². The molecule has 0 aliphatic rings. The summed E-state index contributed by atoms with van der Waals surface area (Å²) in [5.74, 6) is 0.117. The van der Waals surface area contributed by atoms with E-state index >= 15 is 0 Å². The maximum atomic E-state index is 11.9. The number of anilines is 1. The molecule has 0 radical (unpaired) electrons. The van der Waals surface area contributed by atoms with Crippen LogP contribution in [0.1, 0.15) is 10.4 Å². The molecule has 0 aliphatic carbocycles. The van der Waals surface area contributed by atoms with Gasteiger partial charge in [-0.05, 0) is 30.3 Å². The predicted molar refractivity (Wildman–Crippen MR) is 78.6 cm³/mol. The number of carbonyl (C=O) groups is 1. The van der Waals surface area contributed by atoms with Crippen LogP contribution in [-0.2, 0) is 0 Å². The van der Waals surface area contributed by atoms with Gasteiger partial charge in [-0.3, -0.25) is 4.79 Å². The van der Waals surface area contributed by atoms with Crippen molar-refractivity contribution in [3.8, 4) is 0 Å². The summed E-state index contributed by atoms with van der Waals surface area (Å²) in [4.78, 5) is 15.9. The zero-order chi connectivity index (χ0) is 12.3. The summed E-state index contributed by atoms with van der Waals surface area (Å²) in [7, 11) is 0. The number of aromatic nitrogens is 1. The molecule has 0 fully saturated rings. The lowest BCUT2D eigenvalue weighted by atomic mass is 10.2. The van der Waals surface area contributed by atoms with Crippen LogP contribution in [0, 0.1) is 0 Å². The number of rotatable bonds is 2. The van der Waals surface area contributed by atoms with Crippen molar-refractivity contribution in [2.24, 2.45) is 0 Å². The second-order valence-electron chi connectivity index (χ2n) is 3.30. The van der Waals surface area contributed by atoms with Crippen LogP contribution >= 0.6 is 39.9 Å². The molecule has 0 atom stereocenters. The predicted octanol–water partition coefficient (Wildman–Crippen LogP) is 4.17. The number of halogens is 3. The minimum absolute atomic E-state index is 0. The molecule has 0 unspecified atom stereocenters. The highest BCUT2D eigenvalue weighted by Gasteiger charge is 2.08. The first kappa shape index (κ1) is 15.0. The standard InChI is InChI=1S/C12H8BrClN2O.ClH/c13-9-4-1-3-8(7-9)12(17)16-11-10(14)5-2-6-15-11;/h1-7H,(H,15,16,17);1H. The molecule has 0 saturated carbocycles. The van der Waals surface area contributed by atoms with Crippen LogP contribution in [0.3, 0.4) is 0 Å². The lowest BCUT2D eigenvalue weighted by Gasteiger charge is -2.05. The van der Waals surface area contributed by atoms with Crippen molar-refractivity contribution in [2.75, 3.05) is 5.32 Å². The second kappa shape index (κ2) is 6.73. The van der Waals surface area contributed by atoms with Crippen molar-refractivity contribution >= 4 is 51.7 Å². The summed E-state index contributed by atoms with van der Waals surface area (Å²) in [6, 6.07) is 10.5. The Morgan fingerprint density at radius 3 is 2.72 bits per heavy atom. The van der Waals surface area contributed by atoms with Gasteiger partial charge >= 0.3 is 0 Å². The smallest absolute Gasteiger partial charge is 0.256 e. The number of pyridine rings is 1. The molecule has 1 aromatic heterocycles. The topological polar surface area (TPSA) is 42.0 Å². The van der Waals surface area contributed by atoms with Crippen molar-refractivity contribution in [1.82, 2.24) is 4.98 Å². The van der Waals surface area contributed by atoms with Gasteiger partial charge in [0.25, 0.3) is 5.91 Å². The molecule has 18 heavy (non-hydrogen) atoms. The highest BCUT2D eigenvalue weighted by Crippen LogP contribution is 2.19. The minimum Gasteiger partial charge on any atom is -0.305 e. The van der Waals surface area contributed by atoms with Gasteiger partial charge in [0.1, 0.15) is 0 Å². The van der Waals surface area contributed by atoms with E-state index in [2.05, 4.69) is 26.2 Å². The number of hydrogen-bond donors (Lipinski definition) is 1. The fraction of sp³-hybridized carbons (Fsp3) is 0. The Morgan fingerprint density at radius 1 is 1.28 bits per heavy atom. The highest BCUT2D eigenvalue weighted by molar-refractivity contribution is 9.10. The zero-order valence-corrected chi connectivity index (χ0v) is 12.2. The van der Waals surface area contributed by atoms with Crippen LogP contribution in [0.5, 0.6) is 0 Å². The van der Waals surface area contributed by atoms with E-state index in [-0.39, 0.29) is 18.3 Å². The number of benzene rings is 1. The average Bonchev–Trinajstić information content (AvgIpc) is 2.32. The summed E-state index contributed by atoms with van der Waals surface area (Å²) < 4.78 is 0.845. The van der Waals surface area contributed by atoms with Crippen molar-refractivity contribution in [2.45, 2.75) is 0 Å². The van der Waals surface area contributed by atoms with Crippen molar-refractivity contribution in [1.29, 1.82) is 0 Å². The first-order valence-electron chi connectivity index (χ1n) is 4.84. The number of amides is 1. The summed E-state index contributed by atoms with van der Waals surface area (Å²) in [5.41, 5.74) is 0.543. The SMILES string of the molecule is Cl.O=C(Nc1ncccc1Cl)c1cccc(Br)c1. The first-order chi connectivity index (χ1) is 8.16. The Hall–Kier alpha value is -1.10. The van der Waals surface area contributed by atoms with E-state index in [0.29, 0.717) is 16.4 Å². The van der Waals surface area contributed by atoms with Crippen molar-refractivity contribution < 1.29 is 4.79 Å². The Bertz CT molecular complexity index is 563. The van der Waals surface area contributed by atoms with Crippen LogP contribution in [-0.4, -0.2) is 10.9 Å². The lowest BCUT2D eigenvalue weighted by molar-refractivity contribution is 0.102. The van der Waals surface area contributed by atoms with E-state index in [9.17, 15) is 4.79 Å². The van der Waals surface area contributed by atoms with Crippen LogP contribution in [0.25, 0.3) is 0 Å². The molecule has 3 nitrogen and oxygen atoms in total. The van der Waals surface area contributed by atoms with Gasteiger partial charge < -0.3 is 5.32 Å². The normalized spacial score (nSPS) is 9.44. The fourth-order valence-electron chi connectivity index (χ4n) is 1.29. The van der Waals surface area contributed by atoms with Crippen molar-refractivity contribution in [3.05, 3.63) is 57.7 Å². The number of nitrogens with zero attached hydrogens (tertiary/aromatic N) is 1. The molecule has 1 N–H and O–H groups in total. The number of hydrogen-bond acceptors (Lipinski definition) is 2. The maximum Gasteiger partial charge on any atom is 0.256 e. The summed E-state index contributed by atoms with van der Waals surface area (Å²) in [6.45, 7) is 0. The van der Waals surface area contributed by atoms with Crippen LogP contribution in [0.2, 0.25) is 5.02 Å². The van der Waals surface area contributed by atoms with E-state index < -0.39 is 0 Å². The third-order valence-electron chi connectivity index (χ3n) is 2.08. The highest BCUT2D eigenvalue weighted by atomic mass is 79.9. The van der Waals surface area contributed by atoms with Gasteiger partial charge in [-0.2, -0.15) is 0 Å². The van der Waals surface area contributed by atoms with E-state index in [1.807, 2.05) is 6.07 Å². The van der Waals surface area contributed by atoms with E-state index in [1.165, 1.54) is 0 Å². The van der Waals surface area contributed by atoms with E-state index in [1.54, 1.807) is 36.5 Å². The monoisotopic (exact) mass is 346 g/mol. The van der Waals surface area contributed by atoms with E-state index in [4.69, 9.17) is 11.6 Å². The maximum absolute atomic E-state index is 11.9. The largest absolute Gasteiger partial charge is 0.305 e. The van der Waals surface area contributed by atoms with Gasteiger partial charge in [-0.1, -0.05) is 33.6 Å². The Balaban J connectivity index is 0.00000162. The average molecular weight is 348 g/mol. The van der Waals surface area contributed by atoms with E-state index in [0.717, 1.165) is 4.47 Å². The number of carbonyl (C=O) groups excluding carboxylic acids is 1. The Labute approximate surface area is 124 Å². The molecule has 0 saturated heterocycles. The zero-order valence-electron chi connectivity index (χ0n) is 9.06. The van der Waals surface area contributed by atoms with Crippen LogP contribution in [0.15, 0.2) is 47.1 Å². The van der Waals surface area contributed by atoms with Gasteiger partial charge in [0.2, 0.25) is 0 Å². The van der Waals surface area contributed by atoms with Gasteiger partial charge in [0, 0.05) is 16.2 Å². The first-order valence-corrected chi connectivity index (χ1v) is 6.01. The van der Waals surface area contributed by atoms with Gasteiger partial charge in [0.15, 0.2) is 5.82 Å². The Morgan fingerprint density at radius 2 is 2.06 bits per heavy atom. The second-order valence-corrected chi connectivity index (χ2v) is 4.62. The molecule has 1 heterocycles. The molecule has 2 rings (SSSR count). The molecule has 6 heteroatoms. The third kappa shape index (κ3) is 3.70. The van der Waals surface area contributed by atoms with Gasteiger partial charge in [-0.15, -0.1) is 12.4 Å². The molecule has 1 aromatic carbocycles. The third-order valence-corrected chi connectivity index (χ3v) is 2.88. The molecule has 0 bridgehead atoms. The van der Waals surface area contributed by atoms with Crippen LogP contribution < -0.4 is 5.32 Å². The van der Waals surface area contributed by atoms with Gasteiger partial charge in [-0.25, -0.2) is 4.98 Å². The van der Waals surface area contributed by atoms with Gasteiger partial charge in [0.05, 0.1) is 5.02 Å². The molecular weight excluding hydrogens is 339 g/mol. The summed E-state index contributed by atoms with van der Waals surface area (Å²) in [6.07, 6.45) is 1.57. The number of nitrogens with one attached hydrogen (secondary N) is 1. The minimum atomic E-state index is -0.244. The van der Waals surface area contributed by atoms with Crippen LogP contribution in [0.4, 0.5) is 5.82 Å². The molecular formula is C12H9BrCl2N2O.